The molecule has 0 spiro atoms. The number of benzene rings is 1. The van der Waals surface area contributed by atoms with Gasteiger partial charge in [-0.05, 0) is 18.4 Å². The van der Waals surface area contributed by atoms with Crippen molar-refractivity contribution >= 4 is 11.9 Å². The average molecular weight is 277 g/mol. The minimum atomic E-state index is -0.768. The van der Waals surface area contributed by atoms with Gasteiger partial charge in [0.1, 0.15) is 0 Å². The molecule has 0 aliphatic carbocycles. The topological polar surface area (TPSA) is 64.6 Å². The molecule has 1 N–H and O–H groups in total. The van der Waals surface area contributed by atoms with Crippen LogP contribution in [0.1, 0.15) is 30.9 Å². The van der Waals surface area contributed by atoms with E-state index in [-0.39, 0.29) is 18.4 Å². The van der Waals surface area contributed by atoms with Crippen molar-refractivity contribution in [3.63, 3.8) is 0 Å². The van der Waals surface area contributed by atoms with E-state index < -0.39 is 12.0 Å². The zero-order valence-electron chi connectivity index (χ0n) is 11.5. The molecule has 108 valence electrons. The summed E-state index contributed by atoms with van der Waals surface area (Å²) >= 11 is 0. The summed E-state index contributed by atoms with van der Waals surface area (Å²) in [5.41, 5.74) is 0.708. The van der Waals surface area contributed by atoms with Crippen molar-refractivity contribution in [3.05, 3.63) is 35.9 Å². The van der Waals surface area contributed by atoms with Crippen LogP contribution < -0.4 is 5.32 Å². The van der Waals surface area contributed by atoms with E-state index in [1.165, 1.54) is 7.11 Å². The largest absolute Gasteiger partial charge is 0.467 e. The smallest absolute Gasteiger partial charge is 0.333 e. The fourth-order valence-corrected chi connectivity index (χ4v) is 2.27. The normalized spacial score (nSPS) is 19.4. The van der Waals surface area contributed by atoms with Crippen LogP contribution in [-0.4, -0.2) is 31.7 Å². The number of ether oxygens (including phenoxy) is 2. The molecule has 1 aromatic carbocycles. The first kappa shape index (κ1) is 14.5. The summed E-state index contributed by atoms with van der Waals surface area (Å²) in [7, 11) is 1.31. The number of methoxy groups -OCH3 is 1. The lowest BCUT2D eigenvalue weighted by Crippen LogP contribution is -2.36. The van der Waals surface area contributed by atoms with E-state index in [0.29, 0.717) is 12.2 Å². The van der Waals surface area contributed by atoms with E-state index in [1.807, 2.05) is 18.2 Å². The molecule has 1 saturated heterocycles. The highest BCUT2D eigenvalue weighted by molar-refractivity contribution is 5.85. The number of carbonyl (C=O) groups excluding carboxylic acids is 2. The summed E-state index contributed by atoms with van der Waals surface area (Å²) in [6.07, 6.45) is 2.11. The number of esters is 1. The molecule has 5 heteroatoms. The molecule has 2 atom stereocenters. The van der Waals surface area contributed by atoms with Crippen LogP contribution in [0.15, 0.2) is 30.3 Å². The molecule has 1 aromatic rings. The lowest BCUT2D eigenvalue weighted by molar-refractivity contribution is -0.145. The van der Waals surface area contributed by atoms with Crippen LogP contribution in [0, 0.1) is 0 Å². The van der Waals surface area contributed by atoms with Gasteiger partial charge in [-0.1, -0.05) is 30.3 Å². The monoisotopic (exact) mass is 277 g/mol. The van der Waals surface area contributed by atoms with E-state index in [4.69, 9.17) is 9.47 Å². The maximum Gasteiger partial charge on any atom is 0.333 e. The second-order valence-electron chi connectivity index (χ2n) is 4.77. The predicted molar refractivity (Wildman–Crippen MR) is 72.9 cm³/mol. The molecule has 0 bridgehead atoms. The maximum absolute atomic E-state index is 12.0. The molecule has 20 heavy (non-hydrogen) atoms. The third kappa shape index (κ3) is 3.81. The number of hydrogen-bond donors (Lipinski definition) is 1. The van der Waals surface area contributed by atoms with E-state index >= 15 is 0 Å². The summed E-state index contributed by atoms with van der Waals surface area (Å²) in [5.74, 6) is -0.673. The maximum atomic E-state index is 12.0. The van der Waals surface area contributed by atoms with Gasteiger partial charge in [0.15, 0.2) is 6.04 Å². The Kier molecular flexibility index (Phi) is 5.12. The minimum Gasteiger partial charge on any atom is -0.467 e. The first-order valence-corrected chi connectivity index (χ1v) is 6.74. The number of hydrogen-bond acceptors (Lipinski definition) is 4. The second-order valence-corrected chi connectivity index (χ2v) is 4.77. The lowest BCUT2D eigenvalue weighted by atomic mass is 10.1. The molecular weight excluding hydrogens is 258 g/mol. The highest BCUT2D eigenvalue weighted by atomic mass is 16.5. The van der Waals surface area contributed by atoms with Gasteiger partial charge in [-0.15, -0.1) is 0 Å². The fraction of sp³-hybridized carbons (Fsp3) is 0.467. The fourth-order valence-electron chi connectivity index (χ4n) is 2.27. The molecule has 0 radical (unpaired) electrons. The Morgan fingerprint density at radius 3 is 2.75 bits per heavy atom. The van der Waals surface area contributed by atoms with Gasteiger partial charge in [0, 0.05) is 6.61 Å². The number of rotatable bonds is 5. The van der Waals surface area contributed by atoms with Crippen molar-refractivity contribution in [2.75, 3.05) is 13.7 Å². The Bertz CT molecular complexity index is 454. The molecular formula is C15H19NO4. The van der Waals surface area contributed by atoms with E-state index in [0.717, 1.165) is 12.8 Å². The zero-order valence-corrected chi connectivity index (χ0v) is 11.5. The third-order valence-corrected chi connectivity index (χ3v) is 3.31. The van der Waals surface area contributed by atoms with Crippen molar-refractivity contribution in [2.24, 2.45) is 0 Å². The van der Waals surface area contributed by atoms with Gasteiger partial charge >= 0.3 is 5.97 Å². The van der Waals surface area contributed by atoms with Gasteiger partial charge in [0.2, 0.25) is 5.91 Å². The first-order valence-electron chi connectivity index (χ1n) is 6.74. The Balaban J connectivity index is 2.00. The highest BCUT2D eigenvalue weighted by Gasteiger charge is 2.25. The van der Waals surface area contributed by atoms with Crippen molar-refractivity contribution in [2.45, 2.75) is 31.4 Å². The Morgan fingerprint density at radius 1 is 1.40 bits per heavy atom. The van der Waals surface area contributed by atoms with Gasteiger partial charge in [0.25, 0.3) is 0 Å². The Morgan fingerprint density at radius 2 is 2.15 bits per heavy atom. The van der Waals surface area contributed by atoms with Crippen LogP contribution >= 0.6 is 0 Å². The summed E-state index contributed by atoms with van der Waals surface area (Å²) in [4.78, 5) is 23.8. The molecule has 1 amide bonds. The van der Waals surface area contributed by atoms with Gasteiger partial charge < -0.3 is 14.8 Å². The predicted octanol–water partition coefficient (Wildman–Crippen LogP) is 1.59. The van der Waals surface area contributed by atoms with E-state index in [9.17, 15) is 9.59 Å². The number of carbonyl (C=O) groups is 2. The average Bonchev–Trinajstić information content (AvgIpc) is 2.97. The number of amides is 1. The molecule has 0 saturated carbocycles. The van der Waals surface area contributed by atoms with Gasteiger partial charge in [-0.3, -0.25) is 4.79 Å². The van der Waals surface area contributed by atoms with Crippen molar-refractivity contribution in [1.29, 1.82) is 0 Å². The second kappa shape index (κ2) is 7.05. The van der Waals surface area contributed by atoms with Crippen molar-refractivity contribution in [3.8, 4) is 0 Å². The highest BCUT2D eigenvalue weighted by Crippen LogP contribution is 2.18. The summed E-state index contributed by atoms with van der Waals surface area (Å²) in [5, 5.41) is 2.72. The molecule has 0 aromatic heterocycles. The summed E-state index contributed by atoms with van der Waals surface area (Å²) < 4.78 is 10.2. The SMILES string of the molecule is COC(=O)C(NC(=O)CC1CCCO1)c1ccccc1. The third-order valence-electron chi connectivity index (χ3n) is 3.31. The summed E-state index contributed by atoms with van der Waals surface area (Å²) in [6, 6.07) is 8.29. The Labute approximate surface area is 118 Å². The van der Waals surface area contributed by atoms with Crippen molar-refractivity contribution in [1.82, 2.24) is 5.32 Å². The molecule has 2 rings (SSSR count). The molecule has 1 fully saturated rings. The molecule has 2 unspecified atom stereocenters. The van der Waals surface area contributed by atoms with E-state index in [1.54, 1.807) is 12.1 Å². The van der Waals surface area contributed by atoms with Crippen molar-refractivity contribution < 1.29 is 19.1 Å². The van der Waals surface area contributed by atoms with E-state index in [2.05, 4.69) is 5.32 Å². The van der Waals surface area contributed by atoms with Gasteiger partial charge in [-0.2, -0.15) is 0 Å². The van der Waals surface area contributed by atoms with Gasteiger partial charge in [0.05, 0.1) is 19.6 Å². The molecule has 1 aliphatic heterocycles. The van der Waals surface area contributed by atoms with Crippen LogP contribution in [0.2, 0.25) is 0 Å². The van der Waals surface area contributed by atoms with Crippen LogP contribution in [0.5, 0.6) is 0 Å². The lowest BCUT2D eigenvalue weighted by Gasteiger charge is -2.18. The van der Waals surface area contributed by atoms with Crippen LogP contribution in [-0.2, 0) is 19.1 Å². The quantitative estimate of drug-likeness (QED) is 0.830. The molecule has 1 heterocycles. The first-order chi connectivity index (χ1) is 9.70. The van der Waals surface area contributed by atoms with Gasteiger partial charge in [-0.25, -0.2) is 4.79 Å². The van der Waals surface area contributed by atoms with Crippen LogP contribution in [0.4, 0.5) is 0 Å². The summed E-state index contributed by atoms with van der Waals surface area (Å²) in [6.45, 7) is 0.705. The standard InChI is InChI=1S/C15H19NO4/c1-19-15(18)14(11-6-3-2-4-7-11)16-13(17)10-12-8-5-9-20-12/h2-4,6-7,12,14H,5,8-10H2,1H3,(H,16,17). The molecule has 5 nitrogen and oxygen atoms in total. The van der Waals surface area contributed by atoms with Crippen LogP contribution in [0.3, 0.4) is 0 Å². The minimum absolute atomic E-state index is 0.0379. The van der Waals surface area contributed by atoms with Crippen LogP contribution in [0.25, 0.3) is 0 Å². The number of nitrogens with one attached hydrogen (secondary N) is 1. The Hall–Kier alpha value is -1.88. The molecule has 1 aliphatic rings. The zero-order chi connectivity index (χ0) is 14.4.